The number of ether oxygens (including phenoxy) is 1. The molecule has 0 N–H and O–H groups in total. The normalized spacial score (nSPS) is 26.0. The molecule has 0 bridgehead atoms. The molecule has 1 aromatic carbocycles. The Balaban J connectivity index is 1.48. The lowest BCUT2D eigenvalue weighted by atomic mass is 9.64. The average molecular weight is 463 g/mol. The zero-order valence-corrected chi connectivity index (χ0v) is 20.0. The summed E-state index contributed by atoms with van der Waals surface area (Å²) in [5, 5.41) is 0.893. The number of likely N-dealkylation sites (tertiary alicyclic amines) is 1. The summed E-state index contributed by atoms with van der Waals surface area (Å²) in [6.45, 7) is 8.36. The van der Waals surface area contributed by atoms with Gasteiger partial charge in [-0.05, 0) is 55.1 Å². The molecule has 3 heterocycles. The van der Waals surface area contributed by atoms with Gasteiger partial charge in [0, 0.05) is 41.4 Å². The Labute approximate surface area is 190 Å². The zero-order chi connectivity index (χ0) is 22.3. The first kappa shape index (κ1) is 22.7. The molecule has 2 aliphatic rings. The molecule has 4 rings (SSSR count). The van der Waals surface area contributed by atoms with Crippen LogP contribution in [0.1, 0.15) is 37.8 Å². The summed E-state index contributed by atoms with van der Waals surface area (Å²) in [5.74, 6) is 0. The van der Waals surface area contributed by atoms with Crippen LogP contribution >= 0.6 is 11.6 Å². The lowest BCUT2D eigenvalue weighted by Gasteiger charge is -2.54. The Morgan fingerprint density at radius 1 is 1.16 bits per heavy atom. The molecule has 168 valence electrons. The van der Waals surface area contributed by atoms with Gasteiger partial charge in [0.1, 0.15) is 0 Å². The van der Waals surface area contributed by atoms with Crippen molar-refractivity contribution >= 4 is 21.4 Å². The van der Waals surface area contributed by atoms with Gasteiger partial charge in [0.05, 0.1) is 12.7 Å². The molecule has 2 aliphatic heterocycles. The van der Waals surface area contributed by atoms with E-state index in [1.807, 2.05) is 18.2 Å². The molecule has 0 spiro atoms. The van der Waals surface area contributed by atoms with E-state index < -0.39 is 9.84 Å². The molecule has 2 saturated heterocycles. The van der Waals surface area contributed by atoms with Crippen LogP contribution in [-0.2, 0) is 27.5 Å². The van der Waals surface area contributed by atoms with E-state index in [0.29, 0.717) is 0 Å². The van der Waals surface area contributed by atoms with Gasteiger partial charge in [-0.1, -0.05) is 43.6 Å². The molecule has 2 aromatic rings. The Hall–Kier alpha value is -1.47. The fraction of sp³-hybridized carbons (Fsp3) is 0.542. The number of aromatic nitrogens is 1. The molecule has 0 radical (unpaired) electrons. The van der Waals surface area contributed by atoms with E-state index in [2.05, 4.69) is 35.9 Å². The van der Waals surface area contributed by atoms with Gasteiger partial charge in [-0.15, -0.1) is 0 Å². The first-order valence-corrected chi connectivity index (χ1v) is 13.1. The number of pyridine rings is 1. The maximum absolute atomic E-state index is 11.7. The summed E-state index contributed by atoms with van der Waals surface area (Å²) in [5.41, 5.74) is 2.60. The second kappa shape index (κ2) is 8.47. The highest BCUT2D eigenvalue weighted by molar-refractivity contribution is 7.90. The number of hydrogen-bond acceptors (Lipinski definition) is 5. The lowest BCUT2D eigenvalue weighted by molar-refractivity contribution is -0.223. The smallest absolute Gasteiger partial charge is 0.192 e. The highest BCUT2D eigenvalue weighted by atomic mass is 35.5. The highest BCUT2D eigenvalue weighted by Crippen LogP contribution is 2.51. The van der Waals surface area contributed by atoms with Gasteiger partial charge >= 0.3 is 0 Å². The van der Waals surface area contributed by atoms with Gasteiger partial charge in [-0.3, -0.25) is 4.90 Å². The SMILES string of the molecule is CC1(C)CO[C@@H]1[C@]1(CCc2ccc(S(C)(=O)=O)nc2)CCN(Cc2ccc(Cl)cc2)C1. The van der Waals surface area contributed by atoms with Crippen molar-refractivity contribution in [1.82, 2.24) is 9.88 Å². The average Bonchev–Trinajstić information content (AvgIpc) is 3.10. The molecule has 31 heavy (non-hydrogen) atoms. The van der Waals surface area contributed by atoms with Crippen LogP contribution in [0, 0.1) is 10.8 Å². The van der Waals surface area contributed by atoms with E-state index in [-0.39, 0.29) is 22.0 Å². The predicted molar refractivity (Wildman–Crippen MR) is 123 cm³/mol. The summed E-state index contributed by atoms with van der Waals surface area (Å²) in [6, 6.07) is 11.6. The Kier molecular flexibility index (Phi) is 6.21. The minimum absolute atomic E-state index is 0.0870. The Morgan fingerprint density at radius 2 is 1.87 bits per heavy atom. The van der Waals surface area contributed by atoms with Gasteiger partial charge in [0.15, 0.2) is 14.9 Å². The van der Waals surface area contributed by atoms with Crippen molar-refractivity contribution in [2.75, 3.05) is 26.0 Å². The van der Waals surface area contributed by atoms with Crippen molar-refractivity contribution in [1.29, 1.82) is 0 Å². The topological polar surface area (TPSA) is 59.5 Å². The molecule has 0 amide bonds. The monoisotopic (exact) mass is 462 g/mol. The van der Waals surface area contributed by atoms with E-state index in [0.717, 1.165) is 56.1 Å². The fourth-order valence-electron chi connectivity index (χ4n) is 5.19. The first-order valence-electron chi connectivity index (χ1n) is 10.8. The summed E-state index contributed by atoms with van der Waals surface area (Å²) < 4.78 is 29.5. The molecular formula is C24H31ClN2O3S. The number of aryl methyl sites for hydroxylation is 1. The molecule has 5 nitrogen and oxygen atoms in total. The third-order valence-corrected chi connectivity index (χ3v) is 8.01. The summed E-state index contributed by atoms with van der Waals surface area (Å²) >= 11 is 6.04. The lowest BCUT2D eigenvalue weighted by Crippen LogP contribution is -2.58. The number of hydrogen-bond donors (Lipinski definition) is 0. The quantitative estimate of drug-likeness (QED) is 0.610. The number of halogens is 1. The third kappa shape index (κ3) is 4.98. The minimum atomic E-state index is -3.27. The molecule has 1 aromatic heterocycles. The van der Waals surface area contributed by atoms with Gasteiger partial charge < -0.3 is 4.74 Å². The van der Waals surface area contributed by atoms with Gasteiger partial charge in [0.2, 0.25) is 0 Å². The van der Waals surface area contributed by atoms with Crippen LogP contribution in [0.3, 0.4) is 0 Å². The molecule has 0 aliphatic carbocycles. The van der Waals surface area contributed by atoms with Crippen LogP contribution in [0.15, 0.2) is 47.6 Å². The van der Waals surface area contributed by atoms with Gasteiger partial charge in [-0.25, -0.2) is 13.4 Å². The van der Waals surface area contributed by atoms with Crippen molar-refractivity contribution < 1.29 is 13.2 Å². The summed E-state index contributed by atoms with van der Waals surface area (Å²) in [4.78, 5) is 6.68. The van der Waals surface area contributed by atoms with Crippen LogP contribution in [0.5, 0.6) is 0 Å². The maximum Gasteiger partial charge on any atom is 0.192 e. The molecule has 0 saturated carbocycles. The van der Waals surface area contributed by atoms with Crippen molar-refractivity contribution in [3.05, 3.63) is 58.7 Å². The fourth-order valence-corrected chi connectivity index (χ4v) is 5.88. The largest absolute Gasteiger partial charge is 0.376 e. The number of rotatable bonds is 7. The molecule has 2 atom stereocenters. The van der Waals surface area contributed by atoms with E-state index in [1.165, 1.54) is 11.8 Å². The summed E-state index contributed by atoms with van der Waals surface area (Å²) in [7, 11) is -3.27. The van der Waals surface area contributed by atoms with E-state index in [4.69, 9.17) is 16.3 Å². The van der Waals surface area contributed by atoms with E-state index in [1.54, 1.807) is 12.3 Å². The zero-order valence-electron chi connectivity index (χ0n) is 18.5. The van der Waals surface area contributed by atoms with E-state index >= 15 is 0 Å². The van der Waals surface area contributed by atoms with E-state index in [9.17, 15) is 8.42 Å². The predicted octanol–water partition coefficient (Wildman–Crippen LogP) is 4.39. The Bertz CT molecular complexity index is 1020. The van der Waals surface area contributed by atoms with Crippen LogP contribution in [-0.4, -0.2) is 50.4 Å². The molecular weight excluding hydrogens is 432 g/mol. The third-order valence-electron chi connectivity index (χ3n) is 6.76. The highest BCUT2D eigenvalue weighted by Gasteiger charge is 2.55. The first-order chi connectivity index (χ1) is 14.6. The second-order valence-corrected chi connectivity index (χ2v) is 12.3. The Morgan fingerprint density at radius 3 is 2.42 bits per heavy atom. The van der Waals surface area contributed by atoms with Gasteiger partial charge in [-0.2, -0.15) is 0 Å². The van der Waals surface area contributed by atoms with Crippen molar-refractivity contribution in [3.63, 3.8) is 0 Å². The van der Waals surface area contributed by atoms with Crippen LogP contribution in [0.2, 0.25) is 5.02 Å². The molecule has 0 unspecified atom stereocenters. The number of sulfone groups is 1. The second-order valence-electron chi connectivity index (χ2n) is 9.91. The molecule has 2 fully saturated rings. The maximum atomic E-state index is 11.7. The van der Waals surface area contributed by atoms with Crippen LogP contribution in [0.4, 0.5) is 0 Å². The van der Waals surface area contributed by atoms with Crippen molar-refractivity contribution in [2.24, 2.45) is 10.8 Å². The number of nitrogens with zero attached hydrogens (tertiary/aromatic N) is 2. The minimum Gasteiger partial charge on any atom is -0.376 e. The van der Waals surface area contributed by atoms with Crippen LogP contribution < -0.4 is 0 Å². The van der Waals surface area contributed by atoms with Crippen LogP contribution in [0.25, 0.3) is 0 Å². The van der Waals surface area contributed by atoms with Crippen molar-refractivity contribution in [3.8, 4) is 0 Å². The van der Waals surface area contributed by atoms with Gasteiger partial charge in [0.25, 0.3) is 0 Å². The standard InChI is InChI=1S/C24H31ClN2O3S/c1-23(2)17-30-22(23)24(11-10-18-6-9-21(26-14-18)31(3,28)29)12-13-27(16-24)15-19-4-7-20(25)8-5-19/h4-9,14,22H,10-13,15-17H2,1-3H3/t22-,24+/m0/s1. The molecule has 7 heteroatoms. The van der Waals surface area contributed by atoms with Crippen molar-refractivity contribution in [2.45, 2.75) is 50.8 Å². The summed E-state index contributed by atoms with van der Waals surface area (Å²) in [6.07, 6.45) is 6.09. The number of benzene rings is 1.